The van der Waals surface area contributed by atoms with Gasteiger partial charge in [0.2, 0.25) is 0 Å². The SMILES string of the molecule is CC12N3CN4CCCN(C4)CN1C(=O)N1CN4CCCN(C4)CN(C3=O)C12C. The fraction of sp³-hybridized carbons (Fsp3) is 0.889. The second-order valence-corrected chi connectivity index (χ2v) is 9.45. The van der Waals surface area contributed by atoms with Crippen LogP contribution in [0.1, 0.15) is 26.7 Å². The molecule has 4 amide bonds. The lowest BCUT2D eigenvalue weighted by Crippen LogP contribution is -2.71. The van der Waals surface area contributed by atoms with Crippen LogP contribution in [0.15, 0.2) is 0 Å². The summed E-state index contributed by atoms with van der Waals surface area (Å²) in [6.07, 6.45) is 2.15. The fourth-order valence-electron chi connectivity index (χ4n) is 6.29. The number of urea groups is 2. The molecule has 6 fully saturated rings. The van der Waals surface area contributed by atoms with E-state index in [0.717, 1.165) is 52.4 Å². The Morgan fingerprint density at radius 3 is 1.11 bits per heavy atom. The monoisotopic (exact) mass is 390 g/mol. The maximum Gasteiger partial charge on any atom is 0.326 e. The van der Waals surface area contributed by atoms with Gasteiger partial charge in [0.25, 0.3) is 0 Å². The number of hydrogen-bond donors (Lipinski definition) is 0. The molecule has 6 rings (SSSR count). The molecule has 0 spiro atoms. The molecule has 0 aromatic rings. The summed E-state index contributed by atoms with van der Waals surface area (Å²) in [6, 6.07) is 0.121. The van der Waals surface area contributed by atoms with Crippen molar-refractivity contribution in [2.75, 3.05) is 66.2 Å². The smallest absolute Gasteiger partial charge is 0.284 e. The lowest BCUT2D eigenvalue weighted by Gasteiger charge is -2.52. The summed E-state index contributed by atoms with van der Waals surface area (Å²) in [4.78, 5) is 44.7. The number of carbonyl (C=O) groups excluding carboxylic acids is 2. The average Bonchev–Trinajstić information content (AvgIpc) is 2.92. The van der Waals surface area contributed by atoms with E-state index in [1.54, 1.807) is 0 Å². The minimum atomic E-state index is -0.677. The Bertz CT molecular complexity index is 626. The Morgan fingerprint density at radius 1 is 0.536 bits per heavy atom. The first-order chi connectivity index (χ1) is 13.4. The van der Waals surface area contributed by atoms with E-state index >= 15 is 0 Å². The van der Waals surface area contributed by atoms with E-state index in [9.17, 15) is 9.59 Å². The molecule has 4 atom stereocenters. The normalized spacial score (nSPS) is 47.5. The molecule has 10 nitrogen and oxygen atoms in total. The molecule has 0 N–H and O–H groups in total. The van der Waals surface area contributed by atoms with E-state index in [1.807, 2.05) is 19.6 Å². The van der Waals surface area contributed by atoms with Gasteiger partial charge in [-0.2, -0.15) is 0 Å². The van der Waals surface area contributed by atoms with Crippen molar-refractivity contribution in [2.24, 2.45) is 0 Å². The van der Waals surface area contributed by atoms with Gasteiger partial charge in [-0.1, -0.05) is 0 Å². The molecule has 0 aromatic carbocycles. The quantitative estimate of drug-likeness (QED) is 0.565. The zero-order chi connectivity index (χ0) is 19.3. The van der Waals surface area contributed by atoms with E-state index in [-0.39, 0.29) is 12.1 Å². The highest BCUT2D eigenvalue weighted by atomic mass is 16.2. The van der Waals surface area contributed by atoms with Crippen molar-refractivity contribution in [1.82, 2.24) is 39.2 Å². The molecule has 10 heteroatoms. The largest absolute Gasteiger partial charge is 0.326 e. The van der Waals surface area contributed by atoms with E-state index in [2.05, 4.69) is 33.4 Å². The number of nitrogens with zero attached hydrogens (tertiary/aromatic N) is 8. The van der Waals surface area contributed by atoms with Crippen LogP contribution in [-0.4, -0.2) is 129 Å². The maximum atomic E-state index is 13.7. The Balaban J connectivity index is 1.51. The van der Waals surface area contributed by atoms with Crippen LogP contribution in [0.4, 0.5) is 9.59 Å². The highest BCUT2D eigenvalue weighted by molar-refractivity contribution is 5.88. The Kier molecular flexibility index (Phi) is 3.39. The van der Waals surface area contributed by atoms with Gasteiger partial charge in [0.05, 0.1) is 40.0 Å². The van der Waals surface area contributed by atoms with Crippen LogP contribution in [0, 0.1) is 0 Å². The van der Waals surface area contributed by atoms with Gasteiger partial charge in [-0.3, -0.25) is 39.2 Å². The lowest BCUT2D eigenvalue weighted by molar-refractivity contribution is -0.126. The van der Waals surface area contributed by atoms with Gasteiger partial charge in [0.1, 0.15) is 0 Å². The highest BCUT2D eigenvalue weighted by Crippen LogP contribution is 2.52. The van der Waals surface area contributed by atoms with Crippen LogP contribution < -0.4 is 0 Å². The molecule has 0 saturated carbocycles. The highest BCUT2D eigenvalue weighted by Gasteiger charge is 2.75. The number of fused-ring (bicyclic) bond motifs is 4. The van der Waals surface area contributed by atoms with Gasteiger partial charge in [0.15, 0.2) is 11.3 Å². The van der Waals surface area contributed by atoms with E-state index in [1.165, 1.54) is 0 Å². The number of amides is 4. The second kappa shape index (κ2) is 5.50. The summed E-state index contributed by atoms with van der Waals surface area (Å²) in [5.74, 6) is 0. The first-order valence-corrected chi connectivity index (χ1v) is 10.5. The summed E-state index contributed by atoms with van der Waals surface area (Å²) in [5, 5.41) is 0. The van der Waals surface area contributed by atoms with Crippen LogP contribution in [0.25, 0.3) is 0 Å². The third-order valence-electron chi connectivity index (χ3n) is 7.99. The predicted molar refractivity (Wildman–Crippen MR) is 100 cm³/mol. The lowest BCUT2D eigenvalue weighted by atomic mass is 9.95. The van der Waals surface area contributed by atoms with Crippen LogP contribution >= 0.6 is 0 Å². The molecule has 0 radical (unpaired) electrons. The van der Waals surface area contributed by atoms with E-state index in [4.69, 9.17) is 0 Å². The van der Waals surface area contributed by atoms with E-state index < -0.39 is 11.3 Å². The molecule has 0 aliphatic carbocycles. The topological polar surface area (TPSA) is 60.1 Å². The van der Waals surface area contributed by atoms with Crippen LogP contribution in [0.3, 0.4) is 0 Å². The van der Waals surface area contributed by atoms with Crippen molar-refractivity contribution < 1.29 is 9.59 Å². The van der Waals surface area contributed by atoms with Crippen LogP contribution in [0.2, 0.25) is 0 Å². The molecule has 28 heavy (non-hydrogen) atoms. The molecule has 4 unspecified atom stereocenters. The number of rotatable bonds is 0. The molecule has 4 bridgehead atoms. The van der Waals surface area contributed by atoms with Gasteiger partial charge in [-0.25, -0.2) is 9.59 Å². The van der Waals surface area contributed by atoms with Gasteiger partial charge < -0.3 is 0 Å². The molecule has 6 heterocycles. The Hall–Kier alpha value is -1.62. The van der Waals surface area contributed by atoms with Crippen molar-refractivity contribution in [1.29, 1.82) is 0 Å². The predicted octanol–water partition coefficient (Wildman–Crippen LogP) is -0.318. The van der Waals surface area contributed by atoms with Crippen molar-refractivity contribution in [3.05, 3.63) is 0 Å². The molecule has 6 saturated heterocycles. The van der Waals surface area contributed by atoms with Gasteiger partial charge >= 0.3 is 12.1 Å². The number of hydrogen-bond acceptors (Lipinski definition) is 6. The minimum Gasteiger partial charge on any atom is -0.284 e. The summed E-state index contributed by atoms with van der Waals surface area (Å²) >= 11 is 0. The first-order valence-electron chi connectivity index (χ1n) is 10.5. The van der Waals surface area contributed by atoms with Gasteiger partial charge in [0, 0.05) is 26.2 Å². The Labute approximate surface area is 165 Å². The third-order valence-corrected chi connectivity index (χ3v) is 7.99. The van der Waals surface area contributed by atoms with Crippen LogP contribution in [-0.2, 0) is 0 Å². The average molecular weight is 390 g/mol. The van der Waals surface area contributed by atoms with Gasteiger partial charge in [-0.05, 0) is 26.7 Å². The molecule has 0 aromatic heterocycles. The molecular formula is C18H30N8O2. The van der Waals surface area contributed by atoms with Crippen molar-refractivity contribution in [2.45, 2.75) is 38.0 Å². The standard InChI is InChI=1S/C18H30N8O2/c1-17-18(2)25-13-21-7-4-8-22(10-21)14-26(18)16(28)24(17)12-20-6-3-5-19(9-20)11-23(17)15(25)27/h3-14H2,1-2H3. The fourth-order valence-corrected chi connectivity index (χ4v) is 6.29. The summed E-state index contributed by atoms with van der Waals surface area (Å²) < 4.78 is 0. The molecule has 6 aliphatic heterocycles. The second-order valence-electron chi connectivity index (χ2n) is 9.45. The van der Waals surface area contributed by atoms with Gasteiger partial charge in [-0.15, -0.1) is 0 Å². The Morgan fingerprint density at radius 2 is 0.821 bits per heavy atom. The molecule has 154 valence electrons. The molecule has 6 aliphatic rings. The van der Waals surface area contributed by atoms with Crippen LogP contribution in [0.5, 0.6) is 0 Å². The zero-order valence-corrected chi connectivity index (χ0v) is 16.9. The van der Waals surface area contributed by atoms with Crippen molar-refractivity contribution in [3.63, 3.8) is 0 Å². The third kappa shape index (κ3) is 1.92. The summed E-state index contributed by atoms with van der Waals surface area (Å²) in [7, 11) is 0. The minimum absolute atomic E-state index is 0.0607. The first kappa shape index (κ1) is 17.3. The van der Waals surface area contributed by atoms with E-state index in [0.29, 0.717) is 26.7 Å². The summed E-state index contributed by atoms with van der Waals surface area (Å²) in [5.41, 5.74) is -1.35. The zero-order valence-electron chi connectivity index (χ0n) is 16.9. The van der Waals surface area contributed by atoms with Crippen molar-refractivity contribution >= 4 is 12.1 Å². The summed E-state index contributed by atoms with van der Waals surface area (Å²) in [6.45, 7) is 12.2. The maximum absolute atomic E-state index is 13.7. The number of carbonyl (C=O) groups is 2. The molecular weight excluding hydrogens is 360 g/mol. The van der Waals surface area contributed by atoms with Crippen molar-refractivity contribution in [3.8, 4) is 0 Å².